The summed E-state index contributed by atoms with van der Waals surface area (Å²) in [5.74, 6) is -1.26. The number of nitrogens with zero attached hydrogens (tertiary/aromatic N) is 1. The molecule has 0 unspecified atom stereocenters. The Morgan fingerprint density at radius 1 is 1.29 bits per heavy atom. The number of rotatable bonds is 7. The minimum atomic E-state index is -0.498. The molecule has 0 aromatic heterocycles. The van der Waals surface area contributed by atoms with Gasteiger partial charge in [-0.1, -0.05) is 6.07 Å². The number of carbonyl (C=O) groups is 3. The van der Waals surface area contributed by atoms with Gasteiger partial charge in [-0.3, -0.25) is 19.3 Å². The highest BCUT2D eigenvalue weighted by Gasteiger charge is 2.30. The van der Waals surface area contributed by atoms with Crippen LogP contribution in [-0.4, -0.2) is 54.6 Å². The van der Waals surface area contributed by atoms with Crippen LogP contribution in [0, 0.1) is 6.92 Å². The number of β-amino-alcohol motifs (C(OH)–C–C–N with tert-alkyl or cyclic N) is 1. The highest BCUT2D eigenvalue weighted by molar-refractivity contribution is 6.17. The average Bonchev–Trinajstić information content (AvgIpc) is 2.79. The van der Waals surface area contributed by atoms with E-state index in [1.54, 1.807) is 25.1 Å². The molecule has 0 saturated carbocycles. The largest absolute Gasteiger partial charge is 0.395 e. The van der Waals surface area contributed by atoms with Crippen molar-refractivity contribution >= 4 is 29.1 Å². The van der Waals surface area contributed by atoms with Crippen LogP contribution >= 0.6 is 0 Å². The van der Waals surface area contributed by atoms with E-state index >= 15 is 0 Å². The fourth-order valence-corrected chi connectivity index (χ4v) is 2.28. The van der Waals surface area contributed by atoms with Gasteiger partial charge in [0.25, 0.3) is 11.8 Å². The van der Waals surface area contributed by atoms with Gasteiger partial charge < -0.3 is 20.5 Å². The SMILES string of the molecule is COCC(=O)Nc1cccc(NC2=CC(=O)N(CCO)C2=O)c1C. The van der Waals surface area contributed by atoms with Gasteiger partial charge in [-0.25, -0.2) is 0 Å². The van der Waals surface area contributed by atoms with Crippen LogP contribution in [-0.2, 0) is 19.1 Å². The van der Waals surface area contributed by atoms with Crippen LogP contribution in [0.2, 0.25) is 0 Å². The molecule has 1 heterocycles. The number of aliphatic hydroxyl groups is 1. The van der Waals surface area contributed by atoms with E-state index in [-0.39, 0.29) is 31.4 Å². The third-order valence-corrected chi connectivity index (χ3v) is 3.49. The van der Waals surface area contributed by atoms with Gasteiger partial charge in [0.05, 0.1) is 13.2 Å². The minimum Gasteiger partial charge on any atom is -0.395 e. The third kappa shape index (κ3) is 3.79. The summed E-state index contributed by atoms with van der Waals surface area (Å²) >= 11 is 0. The van der Waals surface area contributed by atoms with E-state index in [4.69, 9.17) is 9.84 Å². The highest BCUT2D eigenvalue weighted by atomic mass is 16.5. The van der Waals surface area contributed by atoms with Crippen molar-refractivity contribution < 1.29 is 24.2 Å². The Morgan fingerprint density at radius 3 is 2.67 bits per heavy atom. The van der Waals surface area contributed by atoms with E-state index in [0.717, 1.165) is 4.90 Å². The molecule has 1 aromatic rings. The lowest BCUT2D eigenvalue weighted by Gasteiger charge is -2.16. The molecule has 1 aromatic carbocycles. The maximum Gasteiger partial charge on any atom is 0.277 e. The van der Waals surface area contributed by atoms with Crippen molar-refractivity contribution in [2.24, 2.45) is 0 Å². The number of methoxy groups -OCH3 is 1. The van der Waals surface area contributed by atoms with Gasteiger partial charge in [-0.2, -0.15) is 0 Å². The van der Waals surface area contributed by atoms with Gasteiger partial charge in [0, 0.05) is 24.6 Å². The van der Waals surface area contributed by atoms with Crippen LogP contribution in [0.4, 0.5) is 11.4 Å². The van der Waals surface area contributed by atoms with Crippen LogP contribution in [0.25, 0.3) is 0 Å². The van der Waals surface area contributed by atoms with Gasteiger partial charge in [0.15, 0.2) is 0 Å². The molecule has 0 aliphatic carbocycles. The summed E-state index contributed by atoms with van der Waals surface area (Å²) in [6.45, 7) is 1.37. The van der Waals surface area contributed by atoms with Crippen molar-refractivity contribution in [3.63, 3.8) is 0 Å². The zero-order valence-corrected chi connectivity index (χ0v) is 13.5. The Labute approximate surface area is 139 Å². The number of aliphatic hydroxyl groups excluding tert-OH is 1. The molecule has 0 radical (unpaired) electrons. The van der Waals surface area contributed by atoms with E-state index in [9.17, 15) is 14.4 Å². The van der Waals surface area contributed by atoms with Crippen LogP contribution in [0.1, 0.15) is 5.56 Å². The van der Waals surface area contributed by atoms with E-state index < -0.39 is 11.8 Å². The Kier molecular flexibility index (Phi) is 5.67. The minimum absolute atomic E-state index is 0.0502. The molecular formula is C16H19N3O5. The van der Waals surface area contributed by atoms with Gasteiger partial charge in [0.2, 0.25) is 5.91 Å². The molecule has 3 amide bonds. The molecule has 0 atom stereocenters. The second-order valence-electron chi connectivity index (χ2n) is 5.16. The third-order valence-electron chi connectivity index (χ3n) is 3.49. The fraction of sp³-hybridized carbons (Fsp3) is 0.312. The fourth-order valence-electron chi connectivity index (χ4n) is 2.28. The molecule has 8 heteroatoms. The lowest BCUT2D eigenvalue weighted by Crippen LogP contribution is -2.34. The smallest absolute Gasteiger partial charge is 0.277 e. The maximum absolute atomic E-state index is 12.1. The summed E-state index contributed by atoms with van der Waals surface area (Å²) < 4.78 is 4.77. The summed E-state index contributed by atoms with van der Waals surface area (Å²) in [5, 5.41) is 14.5. The topological polar surface area (TPSA) is 108 Å². The molecule has 0 saturated heterocycles. The monoisotopic (exact) mass is 333 g/mol. The van der Waals surface area contributed by atoms with Gasteiger partial charge in [0.1, 0.15) is 12.3 Å². The van der Waals surface area contributed by atoms with E-state index in [2.05, 4.69) is 10.6 Å². The summed E-state index contributed by atoms with van der Waals surface area (Å²) in [6, 6.07) is 5.17. The Morgan fingerprint density at radius 2 is 2.00 bits per heavy atom. The zero-order valence-electron chi connectivity index (χ0n) is 13.5. The van der Waals surface area contributed by atoms with Crippen molar-refractivity contribution in [2.75, 3.05) is 37.5 Å². The quantitative estimate of drug-likeness (QED) is 0.617. The van der Waals surface area contributed by atoms with E-state index in [0.29, 0.717) is 16.9 Å². The number of hydrogen-bond donors (Lipinski definition) is 3. The van der Waals surface area contributed by atoms with E-state index in [1.165, 1.54) is 13.2 Å². The normalized spacial score (nSPS) is 14.0. The van der Waals surface area contributed by atoms with Crippen molar-refractivity contribution in [3.05, 3.63) is 35.5 Å². The lowest BCUT2D eigenvalue weighted by molar-refractivity contribution is -0.137. The van der Waals surface area contributed by atoms with Crippen LogP contribution < -0.4 is 10.6 Å². The number of benzene rings is 1. The average molecular weight is 333 g/mol. The Bertz CT molecular complexity index is 699. The molecule has 24 heavy (non-hydrogen) atoms. The molecule has 2 rings (SSSR count). The highest BCUT2D eigenvalue weighted by Crippen LogP contribution is 2.26. The second-order valence-corrected chi connectivity index (χ2v) is 5.16. The van der Waals surface area contributed by atoms with Crippen LogP contribution in [0.3, 0.4) is 0 Å². The summed E-state index contributed by atoms with van der Waals surface area (Å²) in [7, 11) is 1.43. The first-order valence-electron chi connectivity index (χ1n) is 7.31. The number of amides is 3. The van der Waals surface area contributed by atoms with Crippen molar-refractivity contribution in [1.29, 1.82) is 0 Å². The lowest BCUT2D eigenvalue weighted by atomic mass is 10.1. The second kappa shape index (κ2) is 7.71. The van der Waals surface area contributed by atoms with Gasteiger partial charge >= 0.3 is 0 Å². The number of anilines is 2. The first kappa shape index (κ1) is 17.6. The number of hydrogen-bond acceptors (Lipinski definition) is 6. The number of nitrogens with one attached hydrogen (secondary N) is 2. The predicted octanol–water partition coefficient (Wildman–Crippen LogP) is 0.237. The van der Waals surface area contributed by atoms with Crippen LogP contribution in [0.5, 0.6) is 0 Å². The van der Waals surface area contributed by atoms with Crippen LogP contribution in [0.15, 0.2) is 30.0 Å². The Balaban J connectivity index is 2.16. The standard InChI is InChI=1S/C16H19N3O5/c1-10-11(4-3-5-12(10)18-14(21)9-24-2)17-13-8-15(22)19(6-7-20)16(13)23/h3-5,8,17,20H,6-7,9H2,1-2H3,(H,18,21). The molecular weight excluding hydrogens is 314 g/mol. The van der Waals surface area contributed by atoms with Gasteiger partial charge in [-0.15, -0.1) is 0 Å². The first-order chi connectivity index (χ1) is 11.5. The molecule has 1 aliphatic rings. The predicted molar refractivity (Wildman–Crippen MR) is 87.2 cm³/mol. The summed E-state index contributed by atoms with van der Waals surface area (Å²) in [4.78, 5) is 36.5. The number of imide groups is 1. The Hall–Kier alpha value is -2.71. The number of carbonyl (C=O) groups excluding carboxylic acids is 3. The molecule has 0 fully saturated rings. The van der Waals surface area contributed by atoms with E-state index in [1.807, 2.05) is 0 Å². The van der Waals surface area contributed by atoms with Gasteiger partial charge in [-0.05, 0) is 24.6 Å². The maximum atomic E-state index is 12.1. The van der Waals surface area contributed by atoms with Crippen molar-refractivity contribution in [3.8, 4) is 0 Å². The summed E-state index contributed by atoms with van der Waals surface area (Å²) in [5.41, 5.74) is 2.00. The molecule has 128 valence electrons. The molecule has 1 aliphatic heterocycles. The molecule has 0 spiro atoms. The summed E-state index contributed by atoms with van der Waals surface area (Å²) in [6.07, 6.45) is 1.19. The molecule has 8 nitrogen and oxygen atoms in total. The molecule has 0 bridgehead atoms. The first-order valence-corrected chi connectivity index (χ1v) is 7.31. The zero-order chi connectivity index (χ0) is 17.7. The molecule has 3 N–H and O–H groups in total. The van der Waals surface area contributed by atoms with Crippen molar-refractivity contribution in [2.45, 2.75) is 6.92 Å². The number of ether oxygens (including phenoxy) is 1. The van der Waals surface area contributed by atoms with Crippen molar-refractivity contribution in [1.82, 2.24) is 4.90 Å².